The van der Waals surface area contributed by atoms with Crippen LogP contribution >= 0.6 is 0 Å². The van der Waals surface area contributed by atoms with Crippen molar-refractivity contribution in [3.05, 3.63) is 35.6 Å². The number of benzene rings is 1. The average molecular weight is 252 g/mol. The van der Waals surface area contributed by atoms with Gasteiger partial charge in [0.2, 0.25) is 5.91 Å². The molecule has 18 heavy (non-hydrogen) atoms. The lowest BCUT2D eigenvalue weighted by Gasteiger charge is -2.25. The molecule has 0 saturated carbocycles. The Kier molecular flexibility index (Phi) is 4.84. The second kappa shape index (κ2) is 5.96. The first-order chi connectivity index (χ1) is 8.30. The van der Waals surface area contributed by atoms with E-state index in [4.69, 9.17) is 5.73 Å². The number of carbonyl (C=O) groups is 1. The summed E-state index contributed by atoms with van der Waals surface area (Å²) >= 11 is 0. The summed E-state index contributed by atoms with van der Waals surface area (Å²) in [6.45, 7) is 6.29. The third kappa shape index (κ3) is 4.45. The van der Waals surface area contributed by atoms with E-state index in [1.807, 2.05) is 20.8 Å². The van der Waals surface area contributed by atoms with E-state index >= 15 is 0 Å². The number of rotatable bonds is 4. The lowest BCUT2D eigenvalue weighted by atomic mass is 9.87. The minimum atomic E-state index is -0.522. The minimum absolute atomic E-state index is 0.149. The Morgan fingerprint density at radius 3 is 2.39 bits per heavy atom. The Labute approximate surface area is 108 Å². The summed E-state index contributed by atoms with van der Waals surface area (Å²) in [5, 5.41) is 2.79. The molecule has 3 N–H and O–H groups in total. The highest BCUT2D eigenvalue weighted by molar-refractivity contribution is 5.82. The fourth-order valence-electron chi connectivity index (χ4n) is 1.48. The SMILES string of the molecule is CC(C)(C)C(N)C(=O)NCCc1ccc(F)cc1. The molecule has 4 heteroatoms. The maximum atomic E-state index is 12.7. The first-order valence-corrected chi connectivity index (χ1v) is 6.08. The number of nitrogens with two attached hydrogens (primary N) is 1. The molecule has 3 nitrogen and oxygen atoms in total. The van der Waals surface area contributed by atoms with E-state index in [-0.39, 0.29) is 17.1 Å². The topological polar surface area (TPSA) is 55.1 Å². The Bertz CT molecular complexity index is 395. The average Bonchev–Trinajstić information content (AvgIpc) is 2.29. The van der Waals surface area contributed by atoms with Crippen molar-refractivity contribution in [3.63, 3.8) is 0 Å². The summed E-state index contributed by atoms with van der Waals surface area (Å²) in [6, 6.07) is 5.73. The Morgan fingerprint density at radius 2 is 1.89 bits per heavy atom. The zero-order chi connectivity index (χ0) is 13.8. The second-order valence-electron chi connectivity index (χ2n) is 5.51. The first-order valence-electron chi connectivity index (χ1n) is 6.08. The first kappa shape index (κ1) is 14.6. The van der Waals surface area contributed by atoms with Crippen molar-refractivity contribution >= 4 is 5.91 Å². The quantitative estimate of drug-likeness (QED) is 0.859. The van der Waals surface area contributed by atoms with Crippen molar-refractivity contribution in [1.29, 1.82) is 0 Å². The summed E-state index contributed by atoms with van der Waals surface area (Å²) in [6.07, 6.45) is 0.670. The van der Waals surface area contributed by atoms with E-state index in [9.17, 15) is 9.18 Å². The van der Waals surface area contributed by atoms with Gasteiger partial charge in [0.05, 0.1) is 6.04 Å². The van der Waals surface area contributed by atoms with Gasteiger partial charge in [0.15, 0.2) is 0 Å². The van der Waals surface area contributed by atoms with Crippen molar-refractivity contribution in [3.8, 4) is 0 Å². The van der Waals surface area contributed by atoms with Gasteiger partial charge in [-0.25, -0.2) is 4.39 Å². The fraction of sp³-hybridized carbons (Fsp3) is 0.500. The highest BCUT2D eigenvalue weighted by Crippen LogP contribution is 2.17. The Morgan fingerprint density at radius 1 is 1.33 bits per heavy atom. The molecule has 0 radical (unpaired) electrons. The predicted molar refractivity (Wildman–Crippen MR) is 70.5 cm³/mol. The van der Waals surface area contributed by atoms with E-state index < -0.39 is 6.04 Å². The molecule has 1 aromatic rings. The van der Waals surface area contributed by atoms with E-state index in [0.29, 0.717) is 13.0 Å². The van der Waals surface area contributed by atoms with Gasteiger partial charge in [-0.05, 0) is 29.5 Å². The van der Waals surface area contributed by atoms with Gasteiger partial charge in [0.25, 0.3) is 0 Å². The molecular weight excluding hydrogens is 231 g/mol. The van der Waals surface area contributed by atoms with Gasteiger partial charge in [-0.2, -0.15) is 0 Å². The van der Waals surface area contributed by atoms with Crippen LogP contribution in [0, 0.1) is 11.2 Å². The van der Waals surface area contributed by atoms with Crippen LogP contribution in [0.15, 0.2) is 24.3 Å². The molecule has 1 aromatic carbocycles. The van der Waals surface area contributed by atoms with Gasteiger partial charge in [-0.15, -0.1) is 0 Å². The van der Waals surface area contributed by atoms with Crippen LogP contribution in [0.25, 0.3) is 0 Å². The second-order valence-corrected chi connectivity index (χ2v) is 5.51. The van der Waals surface area contributed by atoms with Gasteiger partial charge in [-0.3, -0.25) is 4.79 Å². The molecule has 0 aliphatic heterocycles. The predicted octanol–water partition coefficient (Wildman–Crippen LogP) is 1.86. The van der Waals surface area contributed by atoms with Gasteiger partial charge in [0.1, 0.15) is 5.82 Å². The maximum absolute atomic E-state index is 12.7. The van der Waals surface area contributed by atoms with E-state index in [2.05, 4.69) is 5.32 Å². The van der Waals surface area contributed by atoms with Crippen molar-refractivity contribution in [2.24, 2.45) is 11.1 Å². The molecule has 0 bridgehead atoms. The highest BCUT2D eigenvalue weighted by Gasteiger charge is 2.26. The molecule has 1 unspecified atom stereocenters. The fourth-order valence-corrected chi connectivity index (χ4v) is 1.48. The molecule has 0 heterocycles. The van der Waals surface area contributed by atoms with Gasteiger partial charge in [-0.1, -0.05) is 32.9 Å². The Hall–Kier alpha value is -1.42. The monoisotopic (exact) mass is 252 g/mol. The van der Waals surface area contributed by atoms with Crippen molar-refractivity contribution < 1.29 is 9.18 Å². The Balaban J connectivity index is 2.38. The zero-order valence-electron chi connectivity index (χ0n) is 11.2. The third-order valence-electron chi connectivity index (χ3n) is 2.84. The van der Waals surface area contributed by atoms with Crippen molar-refractivity contribution in [2.75, 3.05) is 6.54 Å². The van der Waals surface area contributed by atoms with Crippen LogP contribution < -0.4 is 11.1 Å². The zero-order valence-corrected chi connectivity index (χ0v) is 11.2. The van der Waals surface area contributed by atoms with E-state index in [1.165, 1.54) is 12.1 Å². The summed E-state index contributed by atoms with van der Waals surface area (Å²) in [5.41, 5.74) is 6.57. The molecule has 0 saturated heterocycles. The molecule has 0 aliphatic carbocycles. The summed E-state index contributed by atoms with van der Waals surface area (Å²) in [4.78, 5) is 11.7. The van der Waals surface area contributed by atoms with Gasteiger partial charge in [0, 0.05) is 6.54 Å². The normalized spacial score (nSPS) is 13.2. The summed E-state index contributed by atoms with van der Waals surface area (Å²) < 4.78 is 12.7. The van der Waals surface area contributed by atoms with Crippen LogP contribution in [0.4, 0.5) is 4.39 Å². The number of amides is 1. The van der Waals surface area contributed by atoms with Gasteiger partial charge >= 0.3 is 0 Å². The van der Waals surface area contributed by atoms with Crippen LogP contribution in [-0.2, 0) is 11.2 Å². The molecule has 1 amide bonds. The van der Waals surface area contributed by atoms with Crippen LogP contribution in [0.1, 0.15) is 26.3 Å². The number of hydrogen-bond acceptors (Lipinski definition) is 2. The number of halogens is 1. The molecule has 0 spiro atoms. The maximum Gasteiger partial charge on any atom is 0.237 e. The molecule has 1 atom stereocenters. The number of nitrogens with one attached hydrogen (secondary N) is 1. The summed E-state index contributed by atoms with van der Waals surface area (Å²) in [5.74, 6) is -0.401. The molecule has 1 rings (SSSR count). The van der Waals surface area contributed by atoms with E-state index in [0.717, 1.165) is 5.56 Å². The lowest BCUT2D eigenvalue weighted by Crippen LogP contribution is -2.48. The lowest BCUT2D eigenvalue weighted by molar-refractivity contribution is -0.124. The molecule has 0 aliphatic rings. The van der Waals surface area contributed by atoms with Crippen LogP contribution in [0.3, 0.4) is 0 Å². The minimum Gasteiger partial charge on any atom is -0.354 e. The van der Waals surface area contributed by atoms with E-state index in [1.54, 1.807) is 12.1 Å². The van der Waals surface area contributed by atoms with Crippen LogP contribution in [-0.4, -0.2) is 18.5 Å². The third-order valence-corrected chi connectivity index (χ3v) is 2.84. The van der Waals surface area contributed by atoms with Crippen molar-refractivity contribution in [2.45, 2.75) is 33.2 Å². The van der Waals surface area contributed by atoms with Crippen LogP contribution in [0.2, 0.25) is 0 Å². The standard InChI is InChI=1S/C14H21FN2O/c1-14(2,3)12(16)13(18)17-9-8-10-4-6-11(15)7-5-10/h4-7,12H,8-9,16H2,1-3H3,(H,17,18). The number of carbonyl (C=O) groups excluding carboxylic acids is 1. The largest absolute Gasteiger partial charge is 0.354 e. The summed E-state index contributed by atoms with van der Waals surface area (Å²) in [7, 11) is 0. The molecule has 100 valence electrons. The smallest absolute Gasteiger partial charge is 0.237 e. The van der Waals surface area contributed by atoms with Crippen LogP contribution in [0.5, 0.6) is 0 Å². The van der Waals surface area contributed by atoms with Crippen molar-refractivity contribution in [1.82, 2.24) is 5.32 Å². The highest BCUT2D eigenvalue weighted by atomic mass is 19.1. The van der Waals surface area contributed by atoms with Gasteiger partial charge < -0.3 is 11.1 Å². The number of hydrogen-bond donors (Lipinski definition) is 2. The molecule has 0 fully saturated rings. The molecule has 0 aromatic heterocycles. The molecular formula is C14H21FN2O.